The molecule has 0 radical (unpaired) electrons. The molecule has 0 saturated heterocycles. The van der Waals surface area contributed by atoms with E-state index in [0.717, 1.165) is 28.0 Å². The maximum atomic E-state index is 13.9. The Balaban J connectivity index is 1.50. The van der Waals surface area contributed by atoms with Crippen LogP contribution >= 0.6 is 15.9 Å². The molecular weight excluding hydrogens is 660 g/mol. The first-order valence-corrected chi connectivity index (χ1v) is 16.1. The Hall–Kier alpha value is -4.96. The third kappa shape index (κ3) is 7.55. The van der Waals surface area contributed by atoms with Crippen LogP contribution in [0.25, 0.3) is 22.3 Å². The van der Waals surface area contributed by atoms with Gasteiger partial charge >= 0.3 is 0 Å². The maximum absolute atomic E-state index is 13.9. The molecule has 5 aromatic rings. The van der Waals surface area contributed by atoms with Gasteiger partial charge in [-0.25, -0.2) is 4.98 Å². The van der Waals surface area contributed by atoms with Gasteiger partial charge < -0.3 is 19.5 Å². The van der Waals surface area contributed by atoms with Crippen LogP contribution < -0.4 is 25.1 Å². The van der Waals surface area contributed by atoms with Gasteiger partial charge in [0, 0.05) is 21.3 Å². The maximum Gasteiger partial charge on any atom is 0.282 e. The van der Waals surface area contributed by atoms with Gasteiger partial charge in [0.05, 0.1) is 30.8 Å². The molecule has 1 amide bonds. The lowest BCUT2D eigenvalue weighted by molar-refractivity contribution is -0.118. The lowest BCUT2D eigenvalue weighted by Gasteiger charge is -2.18. The number of hydrogen-bond donors (Lipinski definition) is 1. The van der Waals surface area contributed by atoms with E-state index in [2.05, 4.69) is 40.2 Å². The molecule has 0 spiro atoms. The number of methoxy groups -OCH3 is 1. The molecule has 0 aliphatic carbocycles. The molecule has 47 heavy (non-hydrogen) atoms. The first-order chi connectivity index (χ1) is 22.6. The first-order valence-electron chi connectivity index (χ1n) is 15.3. The molecule has 0 bridgehead atoms. The van der Waals surface area contributed by atoms with E-state index in [4.69, 9.17) is 19.2 Å². The summed E-state index contributed by atoms with van der Waals surface area (Å²) in [6, 6.07) is 22.2. The zero-order valence-electron chi connectivity index (χ0n) is 27.3. The predicted molar refractivity (Wildman–Crippen MR) is 190 cm³/mol. The van der Waals surface area contributed by atoms with E-state index >= 15 is 0 Å². The number of anilines is 1. The molecule has 0 atom stereocenters. The number of fused-ring (bicyclic) bond motifs is 1. The number of aryl methyl sites for hydroxylation is 2. The minimum Gasteiger partial charge on any atom is -0.494 e. The van der Waals surface area contributed by atoms with Gasteiger partial charge in [0.25, 0.3) is 11.5 Å². The van der Waals surface area contributed by atoms with Crippen molar-refractivity contribution in [3.05, 3.63) is 110 Å². The number of nitrogens with one attached hydrogen (secondary N) is 1. The van der Waals surface area contributed by atoms with Crippen LogP contribution in [0.4, 0.5) is 5.69 Å². The van der Waals surface area contributed by atoms with Gasteiger partial charge in [0.2, 0.25) is 0 Å². The van der Waals surface area contributed by atoms with Crippen molar-refractivity contribution < 1.29 is 19.0 Å². The second kappa shape index (κ2) is 14.6. The highest BCUT2D eigenvalue weighted by molar-refractivity contribution is 9.10. The van der Waals surface area contributed by atoms with Crippen molar-refractivity contribution in [1.82, 2.24) is 9.66 Å². The molecule has 5 rings (SSSR count). The molecule has 10 heteroatoms. The van der Waals surface area contributed by atoms with E-state index in [-0.39, 0.29) is 24.0 Å². The van der Waals surface area contributed by atoms with Crippen LogP contribution in [0.2, 0.25) is 0 Å². The van der Waals surface area contributed by atoms with Gasteiger partial charge in [-0.1, -0.05) is 43.7 Å². The zero-order chi connectivity index (χ0) is 33.7. The van der Waals surface area contributed by atoms with Crippen LogP contribution in [0.3, 0.4) is 0 Å². The summed E-state index contributed by atoms with van der Waals surface area (Å²) >= 11 is 3.59. The molecule has 242 valence electrons. The normalized spacial score (nSPS) is 11.3. The average molecular weight is 698 g/mol. The molecule has 0 saturated carbocycles. The highest BCUT2D eigenvalue weighted by Gasteiger charge is 2.19. The summed E-state index contributed by atoms with van der Waals surface area (Å²) < 4.78 is 19.3. The lowest BCUT2D eigenvalue weighted by Crippen LogP contribution is -2.21. The second-order valence-electron chi connectivity index (χ2n) is 11.3. The van der Waals surface area contributed by atoms with Gasteiger partial charge in [0.15, 0.2) is 23.9 Å². The standard InChI is InChI=1S/C37H37BrN4O5/c1-7-46-32-16-24(5)29(18-28(32)22(2)3)36-41-31-11-9-8-10-27(31)37(44)42(36)39-20-25-17-33(45-6)34(19-30(25)38)47-21-35(43)40-26-14-12-23(4)13-15-26/h8-20,22H,7,21H2,1-6H3,(H,40,43). The second-order valence-corrected chi connectivity index (χ2v) is 12.2. The molecule has 0 aliphatic heterocycles. The number of ether oxygens (including phenoxy) is 3. The van der Waals surface area contributed by atoms with E-state index in [1.807, 2.05) is 69.3 Å². The minimum atomic E-state index is -0.307. The highest BCUT2D eigenvalue weighted by atomic mass is 79.9. The van der Waals surface area contributed by atoms with E-state index in [1.54, 1.807) is 30.5 Å². The monoisotopic (exact) mass is 696 g/mol. The van der Waals surface area contributed by atoms with E-state index in [9.17, 15) is 9.59 Å². The Morgan fingerprint density at radius 3 is 2.45 bits per heavy atom. The molecular formula is C37H37BrN4O5. The number of amides is 1. The molecule has 0 fully saturated rings. The third-order valence-corrected chi connectivity index (χ3v) is 8.25. The summed E-state index contributed by atoms with van der Waals surface area (Å²) in [7, 11) is 1.51. The van der Waals surface area contributed by atoms with Crippen LogP contribution in [-0.2, 0) is 4.79 Å². The summed E-state index contributed by atoms with van der Waals surface area (Å²) in [5, 5.41) is 7.93. The van der Waals surface area contributed by atoms with Crippen LogP contribution in [0.5, 0.6) is 17.2 Å². The number of para-hydroxylation sites is 1. The number of carbonyl (C=O) groups excluding carboxylic acids is 1. The number of hydrogen-bond acceptors (Lipinski definition) is 7. The molecule has 0 aliphatic rings. The van der Waals surface area contributed by atoms with Crippen molar-refractivity contribution in [1.29, 1.82) is 0 Å². The van der Waals surface area contributed by atoms with Gasteiger partial charge in [-0.3, -0.25) is 9.59 Å². The topological polar surface area (TPSA) is 104 Å². The van der Waals surface area contributed by atoms with Gasteiger partial charge in [-0.05, 0) is 102 Å². The quantitative estimate of drug-likeness (QED) is 0.141. The number of rotatable bonds is 11. The SMILES string of the molecule is CCOc1cc(C)c(-c2nc3ccccc3c(=O)n2N=Cc2cc(OC)c(OCC(=O)Nc3ccc(C)cc3)cc2Br)cc1C(C)C. The van der Waals surface area contributed by atoms with Crippen molar-refractivity contribution in [2.75, 3.05) is 25.6 Å². The molecule has 4 aromatic carbocycles. The van der Waals surface area contributed by atoms with Crippen molar-refractivity contribution >= 4 is 44.6 Å². The van der Waals surface area contributed by atoms with Crippen molar-refractivity contribution in [3.63, 3.8) is 0 Å². The Morgan fingerprint density at radius 2 is 1.74 bits per heavy atom. The lowest BCUT2D eigenvalue weighted by atomic mass is 9.96. The summed E-state index contributed by atoms with van der Waals surface area (Å²) in [5.74, 6) is 1.86. The van der Waals surface area contributed by atoms with Gasteiger partial charge in [-0.2, -0.15) is 9.78 Å². The summed E-state index contributed by atoms with van der Waals surface area (Å²) in [6.07, 6.45) is 1.56. The van der Waals surface area contributed by atoms with E-state index < -0.39 is 0 Å². The fourth-order valence-electron chi connectivity index (χ4n) is 5.10. The minimum absolute atomic E-state index is 0.179. The summed E-state index contributed by atoms with van der Waals surface area (Å²) in [4.78, 5) is 31.3. The Labute approximate surface area is 282 Å². The molecule has 0 unspecified atom stereocenters. The average Bonchev–Trinajstić information content (AvgIpc) is 3.05. The fourth-order valence-corrected chi connectivity index (χ4v) is 5.52. The van der Waals surface area contributed by atoms with Crippen LogP contribution in [0.1, 0.15) is 48.9 Å². The molecule has 9 nitrogen and oxygen atoms in total. The van der Waals surface area contributed by atoms with Crippen molar-refractivity contribution in [3.8, 4) is 28.6 Å². The fraction of sp³-hybridized carbons (Fsp3) is 0.243. The highest BCUT2D eigenvalue weighted by Crippen LogP contribution is 2.35. The number of benzene rings is 4. The number of aromatic nitrogens is 2. The first kappa shape index (κ1) is 33.4. The van der Waals surface area contributed by atoms with Crippen LogP contribution in [-0.4, -0.2) is 42.1 Å². The number of carbonyl (C=O) groups is 1. The van der Waals surface area contributed by atoms with Crippen molar-refractivity contribution in [2.24, 2.45) is 5.10 Å². The van der Waals surface area contributed by atoms with Gasteiger partial charge in [-0.15, -0.1) is 0 Å². The molecule has 1 heterocycles. The number of halogens is 1. The molecule has 1 N–H and O–H groups in total. The predicted octanol–water partition coefficient (Wildman–Crippen LogP) is 7.87. The van der Waals surface area contributed by atoms with Crippen LogP contribution in [0.15, 0.2) is 87.2 Å². The Morgan fingerprint density at radius 1 is 1.00 bits per heavy atom. The molecule has 1 aromatic heterocycles. The zero-order valence-corrected chi connectivity index (χ0v) is 28.8. The largest absolute Gasteiger partial charge is 0.494 e. The summed E-state index contributed by atoms with van der Waals surface area (Å²) in [6.45, 7) is 10.4. The number of nitrogens with zero attached hydrogens (tertiary/aromatic N) is 3. The van der Waals surface area contributed by atoms with E-state index in [1.165, 1.54) is 11.8 Å². The third-order valence-electron chi connectivity index (χ3n) is 7.56. The Bertz CT molecular complexity index is 2020. The van der Waals surface area contributed by atoms with Crippen LogP contribution in [0, 0.1) is 13.8 Å². The Kier molecular flexibility index (Phi) is 10.4. The van der Waals surface area contributed by atoms with E-state index in [0.29, 0.717) is 50.6 Å². The van der Waals surface area contributed by atoms with Crippen molar-refractivity contribution in [2.45, 2.75) is 40.5 Å². The summed E-state index contributed by atoms with van der Waals surface area (Å²) in [5.41, 5.74) is 5.38. The van der Waals surface area contributed by atoms with Gasteiger partial charge in [0.1, 0.15) is 5.75 Å². The smallest absolute Gasteiger partial charge is 0.282 e.